The molecule has 106 valence electrons. The minimum atomic E-state index is -2.99. The van der Waals surface area contributed by atoms with Crippen LogP contribution < -0.4 is 5.32 Å². The van der Waals surface area contributed by atoms with E-state index < -0.39 is 15.8 Å². The van der Waals surface area contributed by atoms with Gasteiger partial charge in [-0.2, -0.15) is 0 Å². The second-order valence-electron chi connectivity index (χ2n) is 4.23. The summed E-state index contributed by atoms with van der Waals surface area (Å²) in [5.41, 5.74) is 0. The van der Waals surface area contributed by atoms with Gasteiger partial charge < -0.3 is 10.1 Å². The summed E-state index contributed by atoms with van der Waals surface area (Å²) < 4.78 is 27.6. The Labute approximate surface area is 120 Å². The van der Waals surface area contributed by atoms with E-state index in [0.717, 1.165) is 17.8 Å². The third-order valence-electron chi connectivity index (χ3n) is 2.75. The Bertz CT molecular complexity index is 584. The Morgan fingerprint density at radius 3 is 2.95 bits per heavy atom. The molecule has 1 aliphatic rings. The number of nitrogens with zero attached hydrogens (tertiary/aromatic N) is 1. The fourth-order valence-corrected chi connectivity index (χ4v) is 4.71. The van der Waals surface area contributed by atoms with Gasteiger partial charge in [-0.05, 0) is 12.8 Å². The smallest absolute Gasteiger partial charge is 0.351 e. The first-order chi connectivity index (χ1) is 8.91. The molecule has 0 aromatic carbocycles. The molecule has 1 aromatic rings. The molecule has 1 unspecified atom stereocenters. The van der Waals surface area contributed by atoms with Gasteiger partial charge in [0.15, 0.2) is 25.0 Å². The van der Waals surface area contributed by atoms with Gasteiger partial charge in [-0.3, -0.25) is 0 Å². The zero-order chi connectivity index (χ0) is 14.0. The van der Waals surface area contributed by atoms with E-state index in [2.05, 4.69) is 15.0 Å². The number of rotatable bonds is 3. The molecule has 1 atom stereocenters. The van der Waals surface area contributed by atoms with Crippen molar-refractivity contribution in [1.82, 2.24) is 4.98 Å². The minimum Gasteiger partial charge on any atom is -0.465 e. The van der Waals surface area contributed by atoms with Gasteiger partial charge in [0.1, 0.15) is 0 Å². The van der Waals surface area contributed by atoms with Crippen LogP contribution in [0.1, 0.15) is 22.5 Å². The molecule has 9 heteroatoms. The van der Waals surface area contributed by atoms with Crippen LogP contribution in [0.15, 0.2) is 0 Å². The summed E-state index contributed by atoms with van der Waals surface area (Å²) in [6.07, 6.45) is 1.38. The van der Waals surface area contributed by atoms with Crippen molar-refractivity contribution < 1.29 is 17.9 Å². The van der Waals surface area contributed by atoms with Gasteiger partial charge in [-0.1, -0.05) is 22.9 Å². The van der Waals surface area contributed by atoms with Crippen LogP contribution in [0, 0.1) is 0 Å². The molecule has 0 bridgehead atoms. The van der Waals surface area contributed by atoms with E-state index in [1.54, 1.807) is 0 Å². The molecule has 0 saturated carbocycles. The SMILES string of the molecule is COC(=O)c1sc(NC2CCCS(=O)(=O)C2)nc1Cl. The first-order valence-corrected chi connectivity index (χ1v) is 8.64. The van der Waals surface area contributed by atoms with E-state index >= 15 is 0 Å². The van der Waals surface area contributed by atoms with E-state index in [0.29, 0.717) is 11.6 Å². The van der Waals surface area contributed by atoms with Crippen molar-refractivity contribution in [2.45, 2.75) is 18.9 Å². The highest BCUT2D eigenvalue weighted by Crippen LogP contribution is 2.29. The number of ether oxygens (including phenoxy) is 1. The third-order valence-corrected chi connectivity index (χ3v) is 5.92. The molecule has 1 saturated heterocycles. The largest absolute Gasteiger partial charge is 0.465 e. The van der Waals surface area contributed by atoms with Crippen LogP contribution in [0.2, 0.25) is 5.15 Å². The molecule has 1 fully saturated rings. The Kier molecular flexibility index (Phi) is 4.32. The van der Waals surface area contributed by atoms with Crippen molar-refractivity contribution in [1.29, 1.82) is 0 Å². The predicted molar refractivity (Wildman–Crippen MR) is 73.8 cm³/mol. The Balaban J connectivity index is 2.09. The van der Waals surface area contributed by atoms with Crippen molar-refractivity contribution in [2.75, 3.05) is 23.9 Å². The summed E-state index contributed by atoms with van der Waals surface area (Å²) in [7, 11) is -1.72. The third kappa shape index (κ3) is 3.58. The molecular weight excluding hydrogens is 312 g/mol. The average molecular weight is 325 g/mol. The second kappa shape index (κ2) is 5.64. The molecule has 0 amide bonds. The van der Waals surface area contributed by atoms with E-state index in [4.69, 9.17) is 11.6 Å². The quantitative estimate of drug-likeness (QED) is 0.849. The summed E-state index contributed by atoms with van der Waals surface area (Å²) in [5.74, 6) is -0.235. The first-order valence-electron chi connectivity index (χ1n) is 5.63. The van der Waals surface area contributed by atoms with E-state index in [-0.39, 0.29) is 27.6 Å². The monoisotopic (exact) mass is 324 g/mol. The number of aromatic nitrogens is 1. The molecule has 0 radical (unpaired) electrons. The van der Waals surface area contributed by atoms with Crippen molar-refractivity contribution in [3.05, 3.63) is 10.0 Å². The number of thiazole rings is 1. The van der Waals surface area contributed by atoms with Crippen LogP contribution >= 0.6 is 22.9 Å². The predicted octanol–water partition coefficient (Wildman–Crippen LogP) is 1.57. The van der Waals surface area contributed by atoms with Crippen LogP contribution in [0.4, 0.5) is 5.13 Å². The van der Waals surface area contributed by atoms with Gasteiger partial charge in [0.05, 0.1) is 18.6 Å². The lowest BCUT2D eigenvalue weighted by atomic mass is 10.2. The Hall–Kier alpha value is -0.860. The van der Waals surface area contributed by atoms with Gasteiger partial charge in [-0.15, -0.1) is 0 Å². The molecule has 1 aromatic heterocycles. The van der Waals surface area contributed by atoms with Crippen molar-refractivity contribution in [3.8, 4) is 0 Å². The van der Waals surface area contributed by atoms with Gasteiger partial charge in [-0.25, -0.2) is 18.2 Å². The molecule has 6 nitrogen and oxygen atoms in total. The highest BCUT2D eigenvalue weighted by Gasteiger charge is 2.26. The number of halogens is 1. The number of esters is 1. The topological polar surface area (TPSA) is 85.4 Å². The first kappa shape index (κ1) is 14.5. The number of hydrogen-bond acceptors (Lipinski definition) is 7. The summed E-state index contributed by atoms with van der Waals surface area (Å²) in [5, 5.41) is 3.52. The lowest BCUT2D eigenvalue weighted by Crippen LogP contribution is -2.34. The maximum atomic E-state index is 11.5. The van der Waals surface area contributed by atoms with Crippen LogP contribution in [0.25, 0.3) is 0 Å². The maximum absolute atomic E-state index is 11.5. The fourth-order valence-electron chi connectivity index (χ4n) is 1.89. The van der Waals surface area contributed by atoms with Crippen LogP contribution in [-0.4, -0.2) is 44.0 Å². The molecule has 0 aliphatic carbocycles. The molecule has 1 N–H and O–H groups in total. The second-order valence-corrected chi connectivity index (χ2v) is 7.81. The van der Waals surface area contributed by atoms with E-state index in [1.807, 2.05) is 0 Å². The fraction of sp³-hybridized carbons (Fsp3) is 0.600. The zero-order valence-corrected chi connectivity index (χ0v) is 12.6. The highest BCUT2D eigenvalue weighted by molar-refractivity contribution is 7.91. The number of carbonyl (C=O) groups is 1. The molecule has 2 rings (SSSR count). The normalized spacial score (nSPS) is 21.9. The van der Waals surface area contributed by atoms with Crippen molar-refractivity contribution in [2.24, 2.45) is 0 Å². The van der Waals surface area contributed by atoms with Gasteiger partial charge >= 0.3 is 5.97 Å². The average Bonchev–Trinajstić information content (AvgIpc) is 2.68. The molecule has 1 aliphatic heterocycles. The summed E-state index contributed by atoms with van der Waals surface area (Å²) >= 11 is 6.89. The maximum Gasteiger partial charge on any atom is 0.351 e. The van der Waals surface area contributed by atoms with Crippen molar-refractivity contribution >= 4 is 43.9 Å². The van der Waals surface area contributed by atoms with E-state index in [9.17, 15) is 13.2 Å². The van der Waals surface area contributed by atoms with Crippen LogP contribution in [-0.2, 0) is 14.6 Å². The Morgan fingerprint density at radius 2 is 2.32 bits per heavy atom. The van der Waals surface area contributed by atoms with E-state index in [1.165, 1.54) is 7.11 Å². The molecule has 2 heterocycles. The lowest BCUT2D eigenvalue weighted by Gasteiger charge is -2.22. The number of sulfone groups is 1. The number of anilines is 1. The molecule has 0 spiro atoms. The minimum absolute atomic E-state index is 0.0676. The Morgan fingerprint density at radius 1 is 1.58 bits per heavy atom. The number of hydrogen-bond donors (Lipinski definition) is 1. The van der Waals surface area contributed by atoms with Crippen LogP contribution in [0.5, 0.6) is 0 Å². The number of methoxy groups -OCH3 is 1. The van der Waals surface area contributed by atoms with Gasteiger partial charge in [0.2, 0.25) is 0 Å². The van der Waals surface area contributed by atoms with Gasteiger partial charge in [0, 0.05) is 6.04 Å². The van der Waals surface area contributed by atoms with Crippen LogP contribution in [0.3, 0.4) is 0 Å². The number of carbonyl (C=O) groups excluding carboxylic acids is 1. The van der Waals surface area contributed by atoms with Crippen molar-refractivity contribution in [3.63, 3.8) is 0 Å². The molecule has 19 heavy (non-hydrogen) atoms. The standard InChI is InChI=1S/C10H13ClN2O4S2/c1-17-9(14)7-8(11)13-10(18-7)12-6-3-2-4-19(15,16)5-6/h6H,2-5H2,1H3,(H,12,13). The van der Waals surface area contributed by atoms with Gasteiger partial charge in [0.25, 0.3) is 0 Å². The summed E-state index contributed by atoms with van der Waals surface area (Å²) in [4.78, 5) is 15.6. The number of nitrogens with one attached hydrogen (secondary N) is 1. The highest BCUT2D eigenvalue weighted by atomic mass is 35.5. The summed E-state index contributed by atoms with van der Waals surface area (Å²) in [6.45, 7) is 0. The molecular formula is C10H13ClN2O4S2. The lowest BCUT2D eigenvalue weighted by molar-refractivity contribution is 0.0606. The zero-order valence-electron chi connectivity index (χ0n) is 10.2. The summed E-state index contributed by atoms with van der Waals surface area (Å²) in [6, 6.07) is -0.188.